The second-order valence-corrected chi connectivity index (χ2v) is 7.60. The average Bonchev–Trinajstić information content (AvgIpc) is 3.20. The highest BCUT2D eigenvalue weighted by atomic mass is 14.9. The van der Waals surface area contributed by atoms with E-state index in [4.69, 9.17) is 4.98 Å². The lowest BCUT2D eigenvalue weighted by atomic mass is 10.0. The summed E-state index contributed by atoms with van der Waals surface area (Å²) in [7, 11) is 0. The summed E-state index contributed by atoms with van der Waals surface area (Å²) in [4.78, 5) is 8.63. The molecule has 0 radical (unpaired) electrons. The monoisotopic (exact) mass is 374 g/mol. The molecule has 140 valence electrons. The third kappa shape index (κ3) is 3.34. The molecule has 5 rings (SSSR count). The molecule has 0 spiro atoms. The molecule has 0 aliphatic rings. The van der Waals surface area contributed by atoms with Gasteiger partial charge in [-0.25, -0.2) is 4.98 Å². The fourth-order valence-corrected chi connectivity index (χ4v) is 3.70. The molecule has 1 heterocycles. The van der Waals surface area contributed by atoms with E-state index in [2.05, 4.69) is 110 Å². The van der Waals surface area contributed by atoms with E-state index in [0.29, 0.717) is 0 Å². The van der Waals surface area contributed by atoms with Crippen molar-refractivity contribution in [3.63, 3.8) is 0 Å². The van der Waals surface area contributed by atoms with E-state index in [0.717, 1.165) is 33.9 Å². The van der Waals surface area contributed by atoms with Crippen molar-refractivity contribution in [1.82, 2.24) is 9.97 Å². The normalized spacial score (nSPS) is 11.1. The number of fused-ring (bicyclic) bond motifs is 1. The summed E-state index contributed by atoms with van der Waals surface area (Å²) >= 11 is 0. The summed E-state index contributed by atoms with van der Waals surface area (Å²) in [6.45, 7) is 4.22. The number of hydrogen-bond acceptors (Lipinski definition) is 1. The lowest BCUT2D eigenvalue weighted by Gasteiger charge is -2.04. The van der Waals surface area contributed by atoms with Gasteiger partial charge >= 0.3 is 0 Å². The lowest BCUT2D eigenvalue weighted by Crippen LogP contribution is -1.84. The fraction of sp³-hybridized carbons (Fsp3) is 0.0741. The molecular formula is C27H22N2. The van der Waals surface area contributed by atoms with E-state index in [1.165, 1.54) is 21.9 Å². The summed E-state index contributed by atoms with van der Waals surface area (Å²) in [6, 6.07) is 32.1. The topological polar surface area (TPSA) is 28.7 Å². The zero-order valence-electron chi connectivity index (χ0n) is 16.6. The number of hydrogen-bond donors (Lipinski definition) is 1. The van der Waals surface area contributed by atoms with E-state index < -0.39 is 0 Å². The summed E-state index contributed by atoms with van der Waals surface area (Å²) in [5.41, 5.74) is 7.89. The van der Waals surface area contributed by atoms with Crippen molar-refractivity contribution in [3.05, 3.63) is 102 Å². The van der Waals surface area contributed by atoms with Gasteiger partial charge in [-0.15, -0.1) is 0 Å². The maximum atomic E-state index is 5.03. The molecule has 0 amide bonds. The Morgan fingerprint density at radius 1 is 0.586 bits per heavy atom. The number of aryl methyl sites for hydroxylation is 2. The number of imidazole rings is 1. The zero-order chi connectivity index (χ0) is 19.8. The highest BCUT2D eigenvalue weighted by molar-refractivity contribution is 5.88. The minimum atomic E-state index is 0.891. The van der Waals surface area contributed by atoms with E-state index in [1.807, 2.05) is 0 Å². The van der Waals surface area contributed by atoms with Crippen molar-refractivity contribution in [2.24, 2.45) is 0 Å². The summed E-state index contributed by atoms with van der Waals surface area (Å²) in [6.07, 6.45) is 0. The van der Waals surface area contributed by atoms with Crippen LogP contribution in [-0.4, -0.2) is 9.97 Å². The Kier molecular flexibility index (Phi) is 4.25. The first-order valence-corrected chi connectivity index (χ1v) is 9.91. The average molecular weight is 374 g/mol. The number of benzene rings is 4. The molecule has 0 bridgehead atoms. The number of aromatic nitrogens is 2. The number of rotatable bonds is 3. The minimum absolute atomic E-state index is 0.891. The van der Waals surface area contributed by atoms with Crippen LogP contribution >= 0.6 is 0 Å². The van der Waals surface area contributed by atoms with Crippen molar-refractivity contribution >= 4 is 10.8 Å². The van der Waals surface area contributed by atoms with Gasteiger partial charge in [-0.3, -0.25) is 0 Å². The van der Waals surface area contributed by atoms with Gasteiger partial charge in [0.05, 0.1) is 11.4 Å². The predicted molar refractivity (Wildman–Crippen MR) is 122 cm³/mol. The van der Waals surface area contributed by atoms with Crippen molar-refractivity contribution < 1.29 is 0 Å². The van der Waals surface area contributed by atoms with Crippen molar-refractivity contribution in [2.45, 2.75) is 13.8 Å². The van der Waals surface area contributed by atoms with Crippen LogP contribution in [0.3, 0.4) is 0 Å². The van der Waals surface area contributed by atoms with Crippen molar-refractivity contribution in [1.29, 1.82) is 0 Å². The SMILES string of the molecule is Cc1ccc(-c2nc(-c3ccc4ccccc4c3)[nH]c2-c2ccc(C)cc2)cc1. The van der Waals surface area contributed by atoms with Gasteiger partial charge < -0.3 is 4.98 Å². The molecule has 1 N–H and O–H groups in total. The summed E-state index contributed by atoms with van der Waals surface area (Å²) in [5.74, 6) is 0.891. The Morgan fingerprint density at radius 2 is 1.17 bits per heavy atom. The number of aromatic amines is 1. The lowest BCUT2D eigenvalue weighted by molar-refractivity contribution is 1.31. The molecule has 1 aromatic heterocycles. The van der Waals surface area contributed by atoms with E-state index in [-0.39, 0.29) is 0 Å². The summed E-state index contributed by atoms with van der Waals surface area (Å²) < 4.78 is 0. The van der Waals surface area contributed by atoms with Gasteiger partial charge in [-0.1, -0.05) is 96.1 Å². The van der Waals surface area contributed by atoms with Crippen molar-refractivity contribution in [2.75, 3.05) is 0 Å². The van der Waals surface area contributed by atoms with Gasteiger partial charge in [-0.2, -0.15) is 0 Å². The van der Waals surface area contributed by atoms with Crippen LogP contribution in [0.4, 0.5) is 0 Å². The number of H-pyrrole nitrogens is 1. The molecule has 0 atom stereocenters. The first-order chi connectivity index (χ1) is 14.2. The smallest absolute Gasteiger partial charge is 0.138 e. The van der Waals surface area contributed by atoms with Gasteiger partial charge in [0.15, 0.2) is 0 Å². The van der Waals surface area contributed by atoms with Crippen LogP contribution in [0.2, 0.25) is 0 Å². The van der Waals surface area contributed by atoms with Crippen LogP contribution in [-0.2, 0) is 0 Å². The van der Waals surface area contributed by atoms with Gasteiger partial charge in [0.1, 0.15) is 5.82 Å². The third-order valence-corrected chi connectivity index (χ3v) is 5.39. The molecule has 5 aromatic rings. The van der Waals surface area contributed by atoms with Gasteiger partial charge in [-0.05, 0) is 30.7 Å². The second kappa shape index (κ2) is 7.06. The predicted octanol–water partition coefficient (Wildman–Crippen LogP) is 7.18. The molecule has 0 saturated carbocycles. The molecule has 4 aromatic carbocycles. The van der Waals surface area contributed by atoms with Crippen LogP contribution in [0, 0.1) is 13.8 Å². The Morgan fingerprint density at radius 3 is 1.86 bits per heavy atom. The molecule has 2 nitrogen and oxygen atoms in total. The molecule has 0 fully saturated rings. The van der Waals surface area contributed by atoms with E-state index >= 15 is 0 Å². The molecule has 0 aliphatic carbocycles. The highest BCUT2D eigenvalue weighted by Gasteiger charge is 2.15. The zero-order valence-corrected chi connectivity index (χ0v) is 16.6. The van der Waals surface area contributed by atoms with Gasteiger partial charge in [0.25, 0.3) is 0 Å². The molecule has 0 unspecified atom stereocenters. The van der Waals surface area contributed by atoms with Crippen LogP contribution < -0.4 is 0 Å². The summed E-state index contributed by atoms with van der Waals surface area (Å²) in [5, 5.41) is 2.45. The Hall–Kier alpha value is -3.65. The van der Waals surface area contributed by atoms with E-state index in [1.54, 1.807) is 0 Å². The number of nitrogens with one attached hydrogen (secondary N) is 1. The quantitative estimate of drug-likeness (QED) is 0.356. The minimum Gasteiger partial charge on any atom is -0.337 e. The van der Waals surface area contributed by atoms with Crippen molar-refractivity contribution in [3.8, 4) is 33.9 Å². The van der Waals surface area contributed by atoms with Crippen LogP contribution in [0.15, 0.2) is 91.0 Å². The first-order valence-electron chi connectivity index (χ1n) is 9.91. The van der Waals surface area contributed by atoms with Gasteiger partial charge in [0.2, 0.25) is 0 Å². The molecule has 29 heavy (non-hydrogen) atoms. The van der Waals surface area contributed by atoms with Crippen LogP contribution in [0.25, 0.3) is 44.7 Å². The van der Waals surface area contributed by atoms with E-state index in [9.17, 15) is 0 Å². The molecule has 2 heteroatoms. The third-order valence-electron chi connectivity index (χ3n) is 5.39. The maximum Gasteiger partial charge on any atom is 0.138 e. The second-order valence-electron chi connectivity index (χ2n) is 7.60. The Bertz CT molecular complexity index is 1230. The highest BCUT2D eigenvalue weighted by Crippen LogP contribution is 2.34. The standard InChI is InChI=1S/C27H22N2/c1-18-7-11-21(12-8-18)25-26(22-13-9-19(2)10-14-22)29-27(28-25)24-16-15-20-5-3-4-6-23(20)17-24/h3-17H,1-2H3,(H,28,29). The largest absolute Gasteiger partial charge is 0.337 e. The molecule has 0 saturated heterocycles. The molecule has 0 aliphatic heterocycles. The van der Waals surface area contributed by atoms with Crippen LogP contribution in [0.5, 0.6) is 0 Å². The van der Waals surface area contributed by atoms with Gasteiger partial charge in [0, 0.05) is 16.7 Å². The number of nitrogens with zero attached hydrogens (tertiary/aromatic N) is 1. The maximum absolute atomic E-state index is 5.03. The van der Waals surface area contributed by atoms with Crippen LogP contribution in [0.1, 0.15) is 11.1 Å². The molecular weight excluding hydrogens is 352 g/mol. The Labute approximate surface area is 170 Å². The fourth-order valence-electron chi connectivity index (χ4n) is 3.70. The first kappa shape index (κ1) is 17.4. The Balaban J connectivity index is 1.69.